The number of hydrogen-bond donors (Lipinski definition) is 2. The molecular weight excluding hydrogens is 256 g/mol. The van der Waals surface area contributed by atoms with Crippen LogP contribution >= 0.6 is 0 Å². The maximum Gasteiger partial charge on any atom is 0.246 e. The Bertz CT molecular complexity index is 499. The smallest absolute Gasteiger partial charge is 0.246 e. The molecule has 102 valence electrons. The van der Waals surface area contributed by atoms with Crippen LogP contribution in [0.5, 0.6) is 0 Å². The van der Waals surface area contributed by atoms with Crippen LogP contribution in [-0.4, -0.2) is 72.3 Å². The standard InChI is InChI=1S/C10H18N4O3S/c1-13(2)7-10(15)3-4-14(8-10)18(16,17)9-5-11-12-6-9/h5-6,15H,3-4,7-8H2,1-2H3,(H,11,12)/t10-/m1/s1. The number of aliphatic hydroxyl groups is 1. The molecule has 0 bridgehead atoms. The molecule has 0 spiro atoms. The van der Waals surface area contributed by atoms with Gasteiger partial charge in [0.25, 0.3) is 0 Å². The maximum absolute atomic E-state index is 12.2. The number of H-pyrrole nitrogens is 1. The van der Waals surface area contributed by atoms with Crippen LogP contribution in [0.25, 0.3) is 0 Å². The molecule has 2 rings (SSSR count). The largest absolute Gasteiger partial charge is 0.387 e. The van der Waals surface area contributed by atoms with Crippen LogP contribution in [0.3, 0.4) is 0 Å². The third kappa shape index (κ3) is 2.56. The lowest BCUT2D eigenvalue weighted by atomic mass is 10.0. The van der Waals surface area contributed by atoms with Gasteiger partial charge in [0, 0.05) is 25.8 Å². The molecule has 1 fully saturated rings. The van der Waals surface area contributed by atoms with Gasteiger partial charge in [0.2, 0.25) is 10.0 Å². The quantitative estimate of drug-likeness (QED) is 0.742. The molecule has 1 atom stereocenters. The van der Waals surface area contributed by atoms with Crippen molar-refractivity contribution in [2.45, 2.75) is 16.9 Å². The lowest BCUT2D eigenvalue weighted by Crippen LogP contribution is -2.43. The minimum Gasteiger partial charge on any atom is -0.387 e. The first-order chi connectivity index (χ1) is 8.33. The Hall–Kier alpha value is -0.960. The fourth-order valence-corrected chi connectivity index (χ4v) is 3.70. The fraction of sp³-hybridized carbons (Fsp3) is 0.700. The lowest BCUT2D eigenvalue weighted by Gasteiger charge is -2.26. The molecule has 0 aromatic carbocycles. The average Bonchev–Trinajstić information content (AvgIpc) is 2.85. The van der Waals surface area contributed by atoms with Crippen LogP contribution in [-0.2, 0) is 10.0 Å². The summed E-state index contributed by atoms with van der Waals surface area (Å²) >= 11 is 0. The van der Waals surface area contributed by atoms with E-state index in [1.807, 2.05) is 19.0 Å². The van der Waals surface area contributed by atoms with Crippen molar-refractivity contribution in [2.24, 2.45) is 0 Å². The monoisotopic (exact) mass is 274 g/mol. The molecule has 0 aliphatic carbocycles. The molecule has 0 amide bonds. The number of rotatable bonds is 4. The van der Waals surface area contributed by atoms with Crippen molar-refractivity contribution in [3.8, 4) is 0 Å². The van der Waals surface area contributed by atoms with Crippen LogP contribution in [0, 0.1) is 0 Å². The van der Waals surface area contributed by atoms with Crippen LogP contribution in [0.2, 0.25) is 0 Å². The van der Waals surface area contributed by atoms with E-state index in [1.165, 1.54) is 16.7 Å². The Kier molecular flexibility index (Phi) is 3.45. The topological polar surface area (TPSA) is 89.5 Å². The van der Waals surface area contributed by atoms with E-state index >= 15 is 0 Å². The molecule has 1 aliphatic rings. The molecule has 0 saturated carbocycles. The Morgan fingerprint density at radius 3 is 2.89 bits per heavy atom. The molecule has 1 aromatic heterocycles. The second-order valence-electron chi connectivity index (χ2n) is 4.98. The Morgan fingerprint density at radius 2 is 2.33 bits per heavy atom. The molecule has 2 heterocycles. The van der Waals surface area contributed by atoms with Gasteiger partial charge in [-0.15, -0.1) is 0 Å². The summed E-state index contributed by atoms with van der Waals surface area (Å²) in [5.74, 6) is 0. The van der Waals surface area contributed by atoms with E-state index in [0.29, 0.717) is 19.5 Å². The van der Waals surface area contributed by atoms with Gasteiger partial charge in [0.15, 0.2) is 0 Å². The van der Waals surface area contributed by atoms with Gasteiger partial charge in [-0.05, 0) is 20.5 Å². The number of β-amino-alcohol motifs (C(OH)–C–C–N with tert-alkyl or cyclic N) is 1. The van der Waals surface area contributed by atoms with Gasteiger partial charge in [-0.25, -0.2) is 8.42 Å². The summed E-state index contributed by atoms with van der Waals surface area (Å²) in [5, 5.41) is 16.5. The number of nitrogens with zero attached hydrogens (tertiary/aromatic N) is 3. The summed E-state index contributed by atoms with van der Waals surface area (Å²) in [6, 6.07) is 0. The lowest BCUT2D eigenvalue weighted by molar-refractivity contribution is 0.0302. The summed E-state index contributed by atoms with van der Waals surface area (Å²) in [6.07, 6.45) is 3.07. The van der Waals surface area contributed by atoms with Gasteiger partial charge in [-0.3, -0.25) is 5.10 Å². The van der Waals surface area contributed by atoms with E-state index in [4.69, 9.17) is 0 Å². The Labute approximate surface area is 106 Å². The molecule has 18 heavy (non-hydrogen) atoms. The molecule has 2 N–H and O–H groups in total. The zero-order valence-electron chi connectivity index (χ0n) is 10.5. The number of aromatic nitrogens is 2. The highest BCUT2D eigenvalue weighted by Crippen LogP contribution is 2.27. The Balaban J connectivity index is 2.14. The average molecular weight is 274 g/mol. The van der Waals surface area contributed by atoms with Crippen molar-refractivity contribution >= 4 is 10.0 Å². The van der Waals surface area contributed by atoms with E-state index in [1.54, 1.807) is 0 Å². The van der Waals surface area contributed by atoms with Gasteiger partial charge in [0.05, 0.1) is 11.8 Å². The molecule has 0 radical (unpaired) electrons. The predicted molar refractivity (Wildman–Crippen MR) is 65.5 cm³/mol. The summed E-state index contributed by atoms with van der Waals surface area (Å²) in [5.41, 5.74) is -0.972. The van der Waals surface area contributed by atoms with E-state index in [2.05, 4.69) is 10.2 Å². The molecule has 7 nitrogen and oxygen atoms in total. The van der Waals surface area contributed by atoms with E-state index < -0.39 is 15.6 Å². The molecule has 8 heteroatoms. The van der Waals surface area contributed by atoms with Gasteiger partial charge in [-0.1, -0.05) is 0 Å². The minimum absolute atomic E-state index is 0.124. The first-order valence-corrected chi connectivity index (χ1v) is 7.14. The summed E-state index contributed by atoms with van der Waals surface area (Å²) < 4.78 is 25.7. The maximum atomic E-state index is 12.2. The van der Waals surface area contributed by atoms with Crippen molar-refractivity contribution in [3.05, 3.63) is 12.4 Å². The van der Waals surface area contributed by atoms with Crippen LogP contribution < -0.4 is 0 Å². The number of nitrogens with one attached hydrogen (secondary N) is 1. The number of likely N-dealkylation sites (N-methyl/N-ethyl adjacent to an activating group) is 1. The SMILES string of the molecule is CN(C)C[C@]1(O)CCN(S(=O)(=O)c2cn[nH]c2)C1. The van der Waals surface area contributed by atoms with Crippen molar-refractivity contribution in [2.75, 3.05) is 33.7 Å². The van der Waals surface area contributed by atoms with E-state index in [0.717, 1.165) is 0 Å². The van der Waals surface area contributed by atoms with Crippen molar-refractivity contribution in [1.82, 2.24) is 19.4 Å². The van der Waals surface area contributed by atoms with Crippen molar-refractivity contribution < 1.29 is 13.5 Å². The molecule has 1 aliphatic heterocycles. The normalized spacial score (nSPS) is 26.0. The summed E-state index contributed by atoms with van der Waals surface area (Å²) in [6.45, 7) is 0.904. The summed E-state index contributed by atoms with van der Waals surface area (Å²) in [7, 11) is 0.164. The molecule has 0 unspecified atom stereocenters. The zero-order valence-corrected chi connectivity index (χ0v) is 11.3. The molecular formula is C10H18N4O3S. The van der Waals surface area contributed by atoms with Crippen molar-refractivity contribution in [1.29, 1.82) is 0 Å². The number of aromatic amines is 1. The van der Waals surface area contributed by atoms with E-state index in [-0.39, 0.29) is 11.4 Å². The predicted octanol–water partition coefficient (Wildman–Crippen LogP) is -0.903. The van der Waals surface area contributed by atoms with Gasteiger partial charge in [0.1, 0.15) is 4.90 Å². The third-order valence-corrected chi connectivity index (χ3v) is 4.83. The fourth-order valence-electron chi connectivity index (χ4n) is 2.27. The highest BCUT2D eigenvalue weighted by Gasteiger charge is 2.42. The first kappa shape index (κ1) is 13.5. The number of sulfonamides is 1. The van der Waals surface area contributed by atoms with Crippen LogP contribution in [0.1, 0.15) is 6.42 Å². The highest BCUT2D eigenvalue weighted by molar-refractivity contribution is 7.89. The van der Waals surface area contributed by atoms with Gasteiger partial charge < -0.3 is 10.0 Å². The highest BCUT2D eigenvalue weighted by atomic mass is 32.2. The van der Waals surface area contributed by atoms with E-state index in [9.17, 15) is 13.5 Å². The molecule has 1 saturated heterocycles. The Morgan fingerprint density at radius 1 is 1.61 bits per heavy atom. The van der Waals surface area contributed by atoms with Gasteiger partial charge >= 0.3 is 0 Å². The van der Waals surface area contributed by atoms with Crippen LogP contribution in [0.15, 0.2) is 17.3 Å². The molecule has 1 aromatic rings. The first-order valence-electron chi connectivity index (χ1n) is 5.70. The zero-order chi connectivity index (χ0) is 13.4. The second-order valence-corrected chi connectivity index (χ2v) is 6.92. The van der Waals surface area contributed by atoms with Gasteiger partial charge in [-0.2, -0.15) is 9.40 Å². The van der Waals surface area contributed by atoms with Crippen molar-refractivity contribution in [3.63, 3.8) is 0 Å². The summed E-state index contributed by atoms with van der Waals surface area (Å²) in [4.78, 5) is 1.99. The van der Waals surface area contributed by atoms with Crippen LogP contribution in [0.4, 0.5) is 0 Å². The third-order valence-electron chi connectivity index (χ3n) is 3.02. The minimum atomic E-state index is -3.54. The second kappa shape index (κ2) is 4.61. The number of hydrogen-bond acceptors (Lipinski definition) is 5.